The van der Waals surface area contributed by atoms with Crippen LogP contribution in [0.4, 0.5) is 0 Å². The molecule has 0 fully saturated rings. The molecule has 2 nitrogen and oxygen atoms in total. The standard InChI is InChI=1S/C24H25NO/c1-18(2)20-13-11-19(12-14-20)16-22(26)17-23(21-8-4-3-5-9-21)24-10-6-7-15-25-24/h3-15,18,23H,16-17H2,1-2H3. The Morgan fingerprint density at radius 3 is 2.15 bits per heavy atom. The van der Waals surface area contributed by atoms with Gasteiger partial charge in [-0.25, -0.2) is 0 Å². The van der Waals surface area contributed by atoms with Crippen molar-refractivity contribution in [3.63, 3.8) is 0 Å². The van der Waals surface area contributed by atoms with Gasteiger partial charge in [-0.3, -0.25) is 9.78 Å². The van der Waals surface area contributed by atoms with Crippen molar-refractivity contribution < 1.29 is 4.79 Å². The number of hydrogen-bond acceptors (Lipinski definition) is 2. The lowest BCUT2D eigenvalue weighted by molar-refractivity contribution is -0.118. The van der Waals surface area contributed by atoms with Crippen LogP contribution in [0.1, 0.15) is 54.5 Å². The summed E-state index contributed by atoms with van der Waals surface area (Å²) >= 11 is 0. The van der Waals surface area contributed by atoms with Gasteiger partial charge >= 0.3 is 0 Å². The molecule has 132 valence electrons. The van der Waals surface area contributed by atoms with Crippen molar-refractivity contribution >= 4 is 5.78 Å². The van der Waals surface area contributed by atoms with Gasteiger partial charge in [0.05, 0.1) is 0 Å². The van der Waals surface area contributed by atoms with Gasteiger partial charge in [-0.2, -0.15) is 0 Å². The van der Waals surface area contributed by atoms with Crippen LogP contribution in [0.3, 0.4) is 0 Å². The molecule has 1 heterocycles. The van der Waals surface area contributed by atoms with Gasteiger partial charge in [-0.15, -0.1) is 0 Å². The average Bonchev–Trinajstić information content (AvgIpc) is 2.68. The van der Waals surface area contributed by atoms with Gasteiger partial charge in [0.15, 0.2) is 0 Å². The SMILES string of the molecule is CC(C)c1ccc(CC(=O)CC(c2ccccc2)c2ccccn2)cc1. The predicted molar refractivity (Wildman–Crippen MR) is 106 cm³/mol. The van der Waals surface area contributed by atoms with E-state index in [0.717, 1.165) is 16.8 Å². The minimum Gasteiger partial charge on any atom is -0.299 e. The van der Waals surface area contributed by atoms with Crippen molar-refractivity contribution in [2.75, 3.05) is 0 Å². The second-order valence-electron chi connectivity index (χ2n) is 7.03. The van der Waals surface area contributed by atoms with E-state index in [0.29, 0.717) is 18.8 Å². The normalized spacial score (nSPS) is 12.1. The molecule has 1 atom stereocenters. The van der Waals surface area contributed by atoms with E-state index in [1.807, 2.05) is 36.4 Å². The molecule has 2 aromatic carbocycles. The maximum Gasteiger partial charge on any atom is 0.138 e. The maximum absolute atomic E-state index is 12.8. The zero-order chi connectivity index (χ0) is 18.4. The number of Topliss-reactive ketones (excluding diaryl/α,β-unsaturated/α-hetero) is 1. The average molecular weight is 343 g/mol. The van der Waals surface area contributed by atoms with E-state index >= 15 is 0 Å². The molecule has 0 aliphatic heterocycles. The van der Waals surface area contributed by atoms with Gasteiger partial charge in [0, 0.05) is 30.7 Å². The first-order chi connectivity index (χ1) is 12.6. The van der Waals surface area contributed by atoms with Gasteiger partial charge < -0.3 is 0 Å². The fraction of sp³-hybridized carbons (Fsp3) is 0.250. The Balaban J connectivity index is 1.75. The molecule has 0 saturated carbocycles. The molecule has 3 rings (SSSR count). The van der Waals surface area contributed by atoms with Gasteiger partial charge in [0.1, 0.15) is 5.78 Å². The lowest BCUT2D eigenvalue weighted by atomic mass is 9.88. The Morgan fingerprint density at radius 2 is 1.54 bits per heavy atom. The van der Waals surface area contributed by atoms with E-state index in [-0.39, 0.29) is 11.7 Å². The molecule has 0 spiro atoms. The Morgan fingerprint density at radius 1 is 0.846 bits per heavy atom. The summed E-state index contributed by atoms with van der Waals surface area (Å²) in [5.41, 5.74) is 4.46. The number of benzene rings is 2. The van der Waals surface area contributed by atoms with Crippen LogP contribution >= 0.6 is 0 Å². The number of rotatable bonds is 7. The van der Waals surface area contributed by atoms with E-state index < -0.39 is 0 Å². The van der Waals surface area contributed by atoms with Gasteiger partial charge in [-0.05, 0) is 34.7 Å². The molecule has 1 unspecified atom stereocenters. The third kappa shape index (κ3) is 4.66. The first-order valence-corrected chi connectivity index (χ1v) is 9.20. The lowest BCUT2D eigenvalue weighted by Crippen LogP contribution is -2.12. The van der Waals surface area contributed by atoms with Crippen molar-refractivity contribution in [3.05, 3.63) is 101 Å². The molecule has 0 aliphatic rings. The number of nitrogens with zero attached hydrogens (tertiary/aromatic N) is 1. The summed E-state index contributed by atoms with van der Waals surface area (Å²) in [5, 5.41) is 0. The first kappa shape index (κ1) is 18.1. The van der Waals surface area contributed by atoms with E-state index in [1.54, 1.807) is 6.20 Å². The zero-order valence-corrected chi connectivity index (χ0v) is 15.4. The third-order valence-electron chi connectivity index (χ3n) is 4.73. The number of hydrogen-bond donors (Lipinski definition) is 0. The second-order valence-corrected chi connectivity index (χ2v) is 7.03. The monoisotopic (exact) mass is 343 g/mol. The van der Waals surface area contributed by atoms with Crippen molar-refractivity contribution in [3.8, 4) is 0 Å². The zero-order valence-electron chi connectivity index (χ0n) is 15.4. The number of aromatic nitrogens is 1. The first-order valence-electron chi connectivity index (χ1n) is 9.20. The van der Waals surface area contributed by atoms with Crippen molar-refractivity contribution in [1.82, 2.24) is 4.98 Å². The highest BCUT2D eigenvalue weighted by Crippen LogP contribution is 2.27. The summed E-state index contributed by atoms with van der Waals surface area (Å²) in [6, 6.07) is 24.5. The summed E-state index contributed by atoms with van der Waals surface area (Å²) in [4.78, 5) is 17.3. The fourth-order valence-electron chi connectivity index (χ4n) is 3.21. The van der Waals surface area contributed by atoms with Crippen LogP contribution in [0.5, 0.6) is 0 Å². The second kappa shape index (κ2) is 8.57. The molecule has 1 aromatic heterocycles. The van der Waals surface area contributed by atoms with E-state index in [2.05, 4.69) is 55.2 Å². The minimum absolute atomic E-state index is 0.000151. The molecule has 0 saturated heterocycles. The largest absolute Gasteiger partial charge is 0.299 e. The Kier molecular flexibility index (Phi) is 5.96. The number of carbonyl (C=O) groups excluding carboxylic acids is 1. The number of carbonyl (C=O) groups is 1. The van der Waals surface area contributed by atoms with E-state index in [1.165, 1.54) is 5.56 Å². The highest BCUT2D eigenvalue weighted by atomic mass is 16.1. The minimum atomic E-state index is -0.000151. The fourth-order valence-corrected chi connectivity index (χ4v) is 3.21. The van der Waals surface area contributed by atoms with Crippen LogP contribution in [-0.2, 0) is 11.2 Å². The van der Waals surface area contributed by atoms with Gasteiger partial charge in [0.2, 0.25) is 0 Å². The molecule has 0 N–H and O–H groups in total. The molecular formula is C24H25NO. The summed E-state index contributed by atoms with van der Waals surface area (Å²) in [5.74, 6) is 0.744. The predicted octanol–water partition coefficient (Wildman–Crippen LogP) is 5.54. The quantitative estimate of drug-likeness (QED) is 0.564. The smallest absolute Gasteiger partial charge is 0.138 e. The number of ketones is 1. The van der Waals surface area contributed by atoms with Crippen LogP contribution in [-0.4, -0.2) is 10.8 Å². The Labute approximate surface area is 155 Å². The Hall–Kier alpha value is -2.74. The maximum atomic E-state index is 12.8. The van der Waals surface area contributed by atoms with Crippen LogP contribution in [0, 0.1) is 0 Å². The van der Waals surface area contributed by atoms with Crippen molar-refractivity contribution in [2.24, 2.45) is 0 Å². The molecule has 26 heavy (non-hydrogen) atoms. The molecular weight excluding hydrogens is 318 g/mol. The van der Waals surface area contributed by atoms with Crippen LogP contribution in [0.2, 0.25) is 0 Å². The van der Waals surface area contributed by atoms with Crippen LogP contribution in [0.15, 0.2) is 79.0 Å². The van der Waals surface area contributed by atoms with Gasteiger partial charge in [0.25, 0.3) is 0 Å². The summed E-state index contributed by atoms with van der Waals surface area (Å²) in [7, 11) is 0. The molecule has 2 heteroatoms. The summed E-state index contributed by atoms with van der Waals surface area (Å²) in [6.45, 7) is 4.36. The highest BCUT2D eigenvalue weighted by molar-refractivity contribution is 5.82. The molecule has 0 bridgehead atoms. The highest BCUT2D eigenvalue weighted by Gasteiger charge is 2.19. The van der Waals surface area contributed by atoms with Crippen molar-refractivity contribution in [2.45, 2.75) is 38.5 Å². The topological polar surface area (TPSA) is 30.0 Å². The van der Waals surface area contributed by atoms with Crippen LogP contribution in [0.25, 0.3) is 0 Å². The summed E-state index contributed by atoms with van der Waals surface area (Å²) < 4.78 is 0. The van der Waals surface area contributed by atoms with E-state index in [4.69, 9.17) is 0 Å². The molecule has 3 aromatic rings. The molecule has 0 radical (unpaired) electrons. The van der Waals surface area contributed by atoms with Crippen LogP contribution < -0.4 is 0 Å². The third-order valence-corrected chi connectivity index (χ3v) is 4.73. The van der Waals surface area contributed by atoms with E-state index in [9.17, 15) is 4.79 Å². The molecule has 0 aliphatic carbocycles. The molecule has 0 amide bonds. The van der Waals surface area contributed by atoms with Crippen molar-refractivity contribution in [1.29, 1.82) is 0 Å². The summed E-state index contributed by atoms with van der Waals surface area (Å²) in [6.07, 6.45) is 2.72. The van der Waals surface area contributed by atoms with Gasteiger partial charge in [-0.1, -0.05) is 74.5 Å². The Bertz CT molecular complexity index is 784. The lowest BCUT2D eigenvalue weighted by Gasteiger charge is -2.16. The number of pyridine rings is 1.